The Labute approximate surface area is 195 Å². The lowest BCUT2D eigenvalue weighted by Crippen LogP contribution is -2.20. The first-order valence-corrected chi connectivity index (χ1v) is 12.5. The molecular weight excluding hydrogens is 428 g/mol. The number of aliphatic hydroxyl groups excluding tert-OH is 2. The van der Waals surface area contributed by atoms with Crippen LogP contribution < -0.4 is 0 Å². The van der Waals surface area contributed by atoms with E-state index < -0.39 is 12.2 Å². The maximum absolute atomic E-state index is 12.4. The van der Waals surface area contributed by atoms with Gasteiger partial charge >= 0.3 is 5.97 Å². The van der Waals surface area contributed by atoms with E-state index in [4.69, 9.17) is 4.74 Å². The SMILES string of the molecule is CCOCc1cccc(C[C@H](O)C=C[C@H]2[C@H](O)CC(=O)[C@@H]2CCSCCCC(=O)OC)c1. The topological polar surface area (TPSA) is 93.1 Å². The lowest BCUT2D eigenvalue weighted by Gasteiger charge is -2.18. The van der Waals surface area contributed by atoms with Gasteiger partial charge in [-0.1, -0.05) is 36.4 Å². The van der Waals surface area contributed by atoms with Crippen LogP contribution in [-0.2, 0) is 32.1 Å². The molecule has 32 heavy (non-hydrogen) atoms. The second-order valence-electron chi connectivity index (χ2n) is 8.12. The number of hydrogen-bond acceptors (Lipinski definition) is 7. The molecule has 1 aliphatic carbocycles. The molecule has 1 fully saturated rings. The number of rotatable bonds is 14. The van der Waals surface area contributed by atoms with Gasteiger partial charge in [-0.2, -0.15) is 11.8 Å². The van der Waals surface area contributed by atoms with Crippen molar-refractivity contribution in [2.24, 2.45) is 11.8 Å². The van der Waals surface area contributed by atoms with E-state index in [-0.39, 0.29) is 30.0 Å². The van der Waals surface area contributed by atoms with Crippen LogP contribution in [0.15, 0.2) is 36.4 Å². The molecule has 4 atom stereocenters. The van der Waals surface area contributed by atoms with Crippen molar-refractivity contribution < 1.29 is 29.3 Å². The number of carbonyl (C=O) groups is 2. The summed E-state index contributed by atoms with van der Waals surface area (Å²) >= 11 is 1.71. The smallest absolute Gasteiger partial charge is 0.305 e. The monoisotopic (exact) mass is 464 g/mol. The number of ketones is 1. The molecular formula is C25H36O6S. The van der Waals surface area contributed by atoms with E-state index in [1.54, 1.807) is 17.8 Å². The number of aliphatic hydroxyl groups is 2. The Bertz CT molecular complexity index is 750. The summed E-state index contributed by atoms with van der Waals surface area (Å²) in [7, 11) is 1.39. The van der Waals surface area contributed by atoms with E-state index in [1.807, 2.05) is 37.3 Å². The van der Waals surface area contributed by atoms with Crippen molar-refractivity contribution in [3.63, 3.8) is 0 Å². The number of ether oxygens (including phenoxy) is 2. The molecule has 6 nitrogen and oxygen atoms in total. The van der Waals surface area contributed by atoms with Crippen LogP contribution in [0.5, 0.6) is 0 Å². The van der Waals surface area contributed by atoms with Crippen molar-refractivity contribution in [1.29, 1.82) is 0 Å². The maximum atomic E-state index is 12.4. The fraction of sp³-hybridized carbons (Fsp3) is 0.600. The van der Waals surface area contributed by atoms with Crippen molar-refractivity contribution in [3.8, 4) is 0 Å². The first kappa shape index (κ1) is 26.6. The zero-order valence-corrected chi connectivity index (χ0v) is 19.9. The molecule has 0 aliphatic heterocycles. The van der Waals surface area contributed by atoms with E-state index in [1.165, 1.54) is 7.11 Å². The Hall–Kier alpha value is -1.67. The zero-order valence-electron chi connectivity index (χ0n) is 19.1. The third kappa shape index (κ3) is 9.06. The molecule has 178 valence electrons. The third-order valence-corrected chi connectivity index (χ3v) is 6.77. The molecule has 1 aromatic rings. The average Bonchev–Trinajstić information content (AvgIpc) is 3.05. The molecule has 0 amide bonds. The summed E-state index contributed by atoms with van der Waals surface area (Å²) in [6.07, 6.45) is 4.61. The highest BCUT2D eigenvalue weighted by atomic mass is 32.2. The van der Waals surface area contributed by atoms with E-state index in [0.29, 0.717) is 32.5 Å². The molecule has 2 rings (SSSR count). The van der Waals surface area contributed by atoms with Gasteiger partial charge < -0.3 is 19.7 Å². The molecule has 0 radical (unpaired) electrons. The standard InChI is InChI=1S/C25H36O6S/c1-3-31-17-19-7-4-6-18(14-19)15-20(26)9-10-21-22(24(28)16-23(21)27)11-13-32-12-5-8-25(29)30-2/h4,6-7,9-10,14,20-23,26-27H,3,5,8,11-13,15-17H2,1-2H3/t20-,21-,22-,23-/m1/s1. The first-order chi connectivity index (χ1) is 15.4. The normalized spacial score (nSPS) is 21.9. The molecule has 0 saturated heterocycles. The van der Waals surface area contributed by atoms with Crippen molar-refractivity contribution in [2.75, 3.05) is 25.2 Å². The lowest BCUT2D eigenvalue weighted by molar-refractivity contribution is -0.140. The van der Waals surface area contributed by atoms with Gasteiger partial charge in [-0.05, 0) is 42.4 Å². The van der Waals surface area contributed by atoms with Crippen LogP contribution in [0.1, 0.15) is 43.7 Å². The zero-order chi connectivity index (χ0) is 23.3. The van der Waals surface area contributed by atoms with Gasteiger partial charge in [0.2, 0.25) is 0 Å². The summed E-state index contributed by atoms with van der Waals surface area (Å²) in [6.45, 7) is 3.16. The molecule has 7 heteroatoms. The van der Waals surface area contributed by atoms with Crippen LogP contribution in [0.25, 0.3) is 0 Å². The van der Waals surface area contributed by atoms with Gasteiger partial charge in [-0.25, -0.2) is 0 Å². The van der Waals surface area contributed by atoms with Crippen LogP contribution >= 0.6 is 11.8 Å². The van der Waals surface area contributed by atoms with Crippen LogP contribution in [0.3, 0.4) is 0 Å². The summed E-state index contributed by atoms with van der Waals surface area (Å²) in [5.41, 5.74) is 2.09. The minimum Gasteiger partial charge on any atom is -0.469 e. The highest BCUT2D eigenvalue weighted by Crippen LogP contribution is 2.34. The number of esters is 1. The van der Waals surface area contributed by atoms with Crippen molar-refractivity contribution in [3.05, 3.63) is 47.5 Å². The summed E-state index contributed by atoms with van der Waals surface area (Å²) in [4.78, 5) is 23.5. The van der Waals surface area contributed by atoms with Gasteiger partial charge in [0.1, 0.15) is 5.78 Å². The van der Waals surface area contributed by atoms with Gasteiger partial charge in [-0.15, -0.1) is 0 Å². The molecule has 0 bridgehead atoms. The van der Waals surface area contributed by atoms with Crippen LogP contribution in [0, 0.1) is 11.8 Å². The molecule has 1 aromatic carbocycles. The Morgan fingerprint density at radius 1 is 1.31 bits per heavy atom. The summed E-state index contributed by atoms with van der Waals surface area (Å²) in [5, 5.41) is 20.8. The van der Waals surface area contributed by atoms with Crippen LogP contribution in [0.4, 0.5) is 0 Å². The molecule has 0 aromatic heterocycles. The van der Waals surface area contributed by atoms with Gasteiger partial charge in [0.05, 0.1) is 25.9 Å². The van der Waals surface area contributed by atoms with E-state index >= 15 is 0 Å². The summed E-state index contributed by atoms with van der Waals surface area (Å²) in [5.74, 6) is 1.02. The predicted octanol–water partition coefficient (Wildman–Crippen LogP) is 3.33. The van der Waals surface area contributed by atoms with Crippen LogP contribution in [-0.4, -0.2) is 59.4 Å². The minimum absolute atomic E-state index is 0.0837. The van der Waals surface area contributed by atoms with E-state index in [2.05, 4.69) is 4.74 Å². The number of hydrogen-bond donors (Lipinski definition) is 2. The van der Waals surface area contributed by atoms with Crippen molar-refractivity contribution in [2.45, 2.75) is 57.8 Å². The van der Waals surface area contributed by atoms with Crippen molar-refractivity contribution in [1.82, 2.24) is 0 Å². The Morgan fingerprint density at radius 3 is 2.84 bits per heavy atom. The Kier molecular flexibility index (Phi) is 12.0. The quantitative estimate of drug-likeness (QED) is 0.248. The number of benzene rings is 1. The second-order valence-corrected chi connectivity index (χ2v) is 9.34. The largest absolute Gasteiger partial charge is 0.469 e. The molecule has 1 aliphatic rings. The fourth-order valence-corrected chi connectivity index (χ4v) is 4.93. The first-order valence-electron chi connectivity index (χ1n) is 11.3. The van der Waals surface area contributed by atoms with Gasteiger partial charge in [-0.3, -0.25) is 9.59 Å². The number of methoxy groups -OCH3 is 1. The molecule has 1 saturated carbocycles. The molecule has 0 unspecified atom stereocenters. The predicted molar refractivity (Wildman–Crippen MR) is 126 cm³/mol. The average molecular weight is 465 g/mol. The third-order valence-electron chi connectivity index (χ3n) is 5.67. The highest BCUT2D eigenvalue weighted by molar-refractivity contribution is 7.99. The molecule has 0 heterocycles. The van der Waals surface area contributed by atoms with E-state index in [0.717, 1.165) is 29.1 Å². The number of Topliss-reactive ketones (excluding diaryl/α,β-unsaturated/α-hetero) is 1. The van der Waals surface area contributed by atoms with Crippen molar-refractivity contribution >= 4 is 23.5 Å². The lowest BCUT2D eigenvalue weighted by atomic mass is 9.91. The summed E-state index contributed by atoms with van der Waals surface area (Å²) in [6, 6.07) is 7.96. The Balaban J connectivity index is 1.83. The molecule has 2 N–H and O–H groups in total. The van der Waals surface area contributed by atoms with Gasteiger partial charge in [0.15, 0.2) is 0 Å². The second kappa shape index (κ2) is 14.5. The maximum Gasteiger partial charge on any atom is 0.305 e. The number of thioether (sulfide) groups is 1. The minimum atomic E-state index is -0.699. The Morgan fingerprint density at radius 2 is 2.09 bits per heavy atom. The fourth-order valence-electron chi connectivity index (χ4n) is 3.96. The number of carbonyl (C=O) groups excluding carboxylic acids is 2. The highest BCUT2D eigenvalue weighted by Gasteiger charge is 2.39. The van der Waals surface area contributed by atoms with E-state index in [9.17, 15) is 19.8 Å². The van der Waals surface area contributed by atoms with Gasteiger partial charge in [0.25, 0.3) is 0 Å². The van der Waals surface area contributed by atoms with Crippen LogP contribution in [0.2, 0.25) is 0 Å². The summed E-state index contributed by atoms with van der Waals surface area (Å²) < 4.78 is 10.1. The molecule has 0 spiro atoms. The van der Waals surface area contributed by atoms with Gasteiger partial charge in [0, 0.05) is 37.7 Å².